The van der Waals surface area contributed by atoms with E-state index in [1.165, 1.54) is 12.1 Å². The number of nitrogens with zero attached hydrogens (tertiary/aromatic N) is 2. The van der Waals surface area contributed by atoms with Gasteiger partial charge in [-0.15, -0.1) is 11.6 Å². The summed E-state index contributed by atoms with van der Waals surface area (Å²) in [6, 6.07) is 10.6. The number of fused-ring (bicyclic) bond motifs is 1. The zero-order valence-electron chi connectivity index (χ0n) is 10.7. The summed E-state index contributed by atoms with van der Waals surface area (Å²) in [5.74, 6) is 0.463. The highest BCUT2D eigenvalue weighted by Gasteiger charge is 2.13. The zero-order valence-corrected chi connectivity index (χ0v) is 12.2. The second-order valence-electron chi connectivity index (χ2n) is 4.59. The Balaban J connectivity index is 2.30. The van der Waals surface area contributed by atoms with Crippen molar-refractivity contribution in [2.24, 2.45) is 0 Å². The van der Waals surface area contributed by atoms with E-state index in [1.807, 2.05) is 29.7 Å². The third kappa shape index (κ3) is 2.17. The van der Waals surface area contributed by atoms with Crippen LogP contribution in [0.4, 0.5) is 4.39 Å². The summed E-state index contributed by atoms with van der Waals surface area (Å²) in [7, 11) is 0. The Morgan fingerprint density at radius 2 is 2.00 bits per heavy atom. The van der Waals surface area contributed by atoms with Crippen molar-refractivity contribution in [2.75, 3.05) is 0 Å². The fraction of sp³-hybridized carbons (Fsp3) is 0.133. The molecule has 2 aromatic carbocycles. The first kappa shape index (κ1) is 13.4. The van der Waals surface area contributed by atoms with Crippen LogP contribution >= 0.6 is 23.2 Å². The fourth-order valence-corrected chi connectivity index (χ4v) is 2.54. The van der Waals surface area contributed by atoms with Crippen LogP contribution in [-0.2, 0) is 5.88 Å². The highest BCUT2D eigenvalue weighted by atomic mass is 35.5. The number of hydrogen-bond acceptors (Lipinski definition) is 1. The molecule has 0 fully saturated rings. The molecule has 0 spiro atoms. The molecule has 0 atom stereocenters. The molecule has 5 heteroatoms. The molecule has 2 nitrogen and oxygen atoms in total. The second-order valence-corrected chi connectivity index (χ2v) is 5.26. The maximum Gasteiger partial charge on any atom is 0.143 e. The molecule has 20 heavy (non-hydrogen) atoms. The highest BCUT2D eigenvalue weighted by Crippen LogP contribution is 2.26. The average molecular weight is 309 g/mol. The molecule has 1 heterocycles. The number of halogens is 3. The van der Waals surface area contributed by atoms with Gasteiger partial charge >= 0.3 is 0 Å². The zero-order chi connectivity index (χ0) is 14.3. The van der Waals surface area contributed by atoms with E-state index < -0.39 is 5.82 Å². The molecule has 1 aromatic heterocycles. The molecule has 0 N–H and O–H groups in total. The van der Waals surface area contributed by atoms with Crippen molar-refractivity contribution in [2.45, 2.75) is 12.8 Å². The Hall–Kier alpha value is -1.58. The van der Waals surface area contributed by atoms with Crippen molar-refractivity contribution in [1.82, 2.24) is 9.55 Å². The SMILES string of the molecule is Cc1ccc2c(c1)nc(CCl)n2-c1ccc(Cl)c(F)c1. The van der Waals surface area contributed by atoms with E-state index in [0.29, 0.717) is 11.5 Å². The lowest BCUT2D eigenvalue weighted by Gasteiger charge is -2.08. The Morgan fingerprint density at radius 3 is 2.70 bits per heavy atom. The smallest absolute Gasteiger partial charge is 0.143 e. The molecule has 0 aliphatic rings. The fourth-order valence-electron chi connectivity index (χ4n) is 2.24. The van der Waals surface area contributed by atoms with Crippen LogP contribution in [0.1, 0.15) is 11.4 Å². The molecule has 3 aromatic rings. The summed E-state index contributed by atoms with van der Waals surface area (Å²) in [4.78, 5) is 4.50. The van der Waals surface area contributed by atoms with Gasteiger partial charge in [0.15, 0.2) is 0 Å². The third-order valence-electron chi connectivity index (χ3n) is 3.16. The van der Waals surface area contributed by atoms with Gasteiger partial charge in [0.1, 0.15) is 11.6 Å². The van der Waals surface area contributed by atoms with Gasteiger partial charge < -0.3 is 0 Å². The van der Waals surface area contributed by atoms with E-state index in [4.69, 9.17) is 23.2 Å². The summed E-state index contributed by atoms with van der Waals surface area (Å²) < 4.78 is 15.5. The summed E-state index contributed by atoms with van der Waals surface area (Å²) >= 11 is 11.7. The number of aromatic nitrogens is 2. The average Bonchev–Trinajstić information content (AvgIpc) is 2.79. The molecule has 0 bridgehead atoms. The monoisotopic (exact) mass is 308 g/mol. The Bertz CT molecular complexity index is 796. The predicted molar refractivity (Wildman–Crippen MR) is 80.3 cm³/mol. The first-order valence-electron chi connectivity index (χ1n) is 6.09. The summed E-state index contributed by atoms with van der Waals surface area (Å²) in [5, 5.41) is 0.0986. The van der Waals surface area contributed by atoms with Crippen LogP contribution in [0.25, 0.3) is 16.7 Å². The van der Waals surface area contributed by atoms with Crippen molar-refractivity contribution < 1.29 is 4.39 Å². The minimum Gasteiger partial charge on any atom is -0.295 e. The van der Waals surface area contributed by atoms with Crippen molar-refractivity contribution in [3.8, 4) is 5.69 Å². The lowest BCUT2D eigenvalue weighted by atomic mass is 10.2. The molecule has 0 amide bonds. The van der Waals surface area contributed by atoms with E-state index in [1.54, 1.807) is 6.07 Å². The van der Waals surface area contributed by atoms with Crippen LogP contribution in [-0.4, -0.2) is 9.55 Å². The van der Waals surface area contributed by atoms with Gasteiger partial charge in [0.2, 0.25) is 0 Å². The highest BCUT2D eigenvalue weighted by molar-refractivity contribution is 6.30. The molecule has 0 aliphatic carbocycles. The van der Waals surface area contributed by atoms with Crippen molar-refractivity contribution >= 4 is 34.2 Å². The molecule has 0 unspecified atom stereocenters. The van der Waals surface area contributed by atoms with Gasteiger partial charge in [-0.1, -0.05) is 17.7 Å². The van der Waals surface area contributed by atoms with E-state index in [2.05, 4.69) is 4.98 Å². The Labute approximate surface area is 125 Å². The number of alkyl halides is 1. The number of imidazole rings is 1. The van der Waals surface area contributed by atoms with Crippen molar-refractivity contribution in [3.63, 3.8) is 0 Å². The summed E-state index contributed by atoms with van der Waals surface area (Å²) in [5.41, 5.74) is 3.52. The predicted octanol–water partition coefficient (Wildman–Crippen LogP) is 4.87. The topological polar surface area (TPSA) is 17.8 Å². The van der Waals surface area contributed by atoms with Crippen LogP contribution < -0.4 is 0 Å². The quantitative estimate of drug-likeness (QED) is 0.618. The van der Waals surface area contributed by atoms with Gasteiger partial charge in [0, 0.05) is 0 Å². The number of hydrogen-bond donors (Lipinski definition) is 0. The molecule has 3 rings (SSSR count). The molecular weight excluding hydrogens is 298 g/mol. The van der Waals surface area contributed by atoms with Crippen LogP contribution in [0, 0.1) is 12.7 Å². The Kier molecular flexibility index (Phi) is 3.40. The van der Waals surface area contributed by atoms with Crippen LogP contribution in [0.3, 0.4) is 0 Å². The molecule has 0 saturated heterocycles. The normalized spacial score (nSPS) is 11.2. The number of aryl methyl sites for hydroxylation is 1. The van der Waals surface area contributed by atoms with Crippen molar-refractivity contribution in [3.05, 3.63) is 58.6 Å². The summed E-state index contributed by atoms with van der Waals surface area (Å²) in [6.45, 7) is 2.00. The maximum absolute atomic E-state index is 13.7. The van der Waals surface area contributed by atoms with Gasteiger partial charge in [0.05, 0.1) is 27.6 Å². The first-order chi connectivity index (χ1) is 9.60. The minimum absolute atomic E-state index is 0.0986. The van der Waals surface area contributed by atoms with E-state index in [0.717, 1.165) is 16.6 Å². The maximum atomic E-state index is 13.7. The standard InChI is InChI=1S/C15H11Cl2FN2/c1-9-2-5-14-13(6-9)19-15(8-16)20(14)10-3-4-11(17)12(18)7-10/h2-7H,8H2,1H3. The number of rotatable bonds is 2. The van der Waals surface area contributed by atoms with Gasteiger partial charge in [-0.3, -0.25) is 4.57 Å². The van der Waals surface area contributed by atoms with E-state index >= 15 is 0 Å². The van der Waals surface area contributed by atoms with Gasteiger partial charge in [-0.2, -0.15) is 0 Å². The van der Waals surface area contributed by atoms with Crippen LogP contribution in [0.2, 0.25) is 5.02 Å². The van der Waals surface area contributed by atoms with Crippen molar-refractivity contribution in [1.29, 1.82) is 0 Å². The van der Waals surface area contributed by atoms with Crippen LogP contribution in [0.15, 0.2) is 36.4 Å². The molecule has 0 aliphatic heterocycles. The molecule has 0 radical (unpaired) electrons. The molecule has 102 valence electrons. The summed E-state index contributed by atoms with van der Waals surface area (Å²) in [6.07, 6.45) is 0. The largest absolute Gasteiger partial charge is 0.295 e. The first-order valence-corrected chi connectivity index (χ1v) is 7.01. The van der Waals surface area contributed by atoms with E-state index in [-0.39, 0.29) is 10.9 Å². The third-order valence-corrected chi connectivity index (χ3v) is 3.71. The molecular formula is C15H11Cl2FN2. The van der Waals surface area contributed by atoms with Gasteiger partial charge in [-0.05, 0) is 42.8 Å². The second kappa shape index (κ2) is 5.08. The molecule has 0 saturated carbocycles. The number of benzene rings is 2. The lowest BCUT2D eigenvalue weighted by Crippen LogP contribution is -1.99. The Morgan fingerprint density at radius 1 is 1.20 bits per heavy atom. The van der Waals surface area contributed by atoms with Gasteiger partial charge in [0.25, 0.3) is 0 Å². The van der Waals surface area contributed by atoms with Gasteiger partial charge in [-0.25, -0.2) is 9.37 Å². The lowest BCUT2D eigenvalue weighted by molar-refractivity contribution is 0.627. The van der Waals surface area contributed by atoms with E-state index in [9.17, 15) is 4.39 Å². The minimum atomic E-state index is -0.460. The van der Waals surface area contributed by atoms with Crippen LogP contribution in [0.5, 0.6) is 0 Å².